The highest BCUT2D eigenvalue weighted by atomic mass is 35.5. The highest BCUT2D eigenvalue weighted by Gasteiger charge is 2.23. The van der Waals surface area contributed by atoms with Gasteiger partial charge in [0.05, 0.1) is 11.0 Å². The zero-order chi connectivity index (χ0) is 13.2. The molecule has 2 nitrogen and oxygen atoms in total. The lowest BCUT2D eigenvalue weighted by Crippen LogP contribution is -2.18. The van der Waals surface area contributed by atoms with E-state index in [1.807, 2.05) is 0 Å². The Hall–Kier alpha value is -1.02. The van der Waals surface area contributed by atoms with Crippen LogP contribution < -0.4 is 0 Å². The average molecular weight is 277 g/mol. The Morgan fingerprint density at radius 1 is 1.21 bits per heavy atom. The molecule has 0 saturated heterocycles. The van der Waals surface area contributed by atoms with Crippen LogP contribution in [0.25, 0.3) is 11.0 Å². The van der Waals surface area contributed by atoms with Crippen LogP contribution in [0.1, 0.15) is 37.9 Å². The number of fused-ring (bicyclic) bond motifs is 1. The number of imidazole rings is 1. The number of nitrogens with zero attached hydrogens (tertiary/aromatic N) is 2. The van der Waals surface area contributed by atoms with Crippen LogP contribution in [0.15, 0.2) is 24.3 Å². The molecule has 0 aliphatic heterocycles. The average Bonchev–Trinajstić information content (AvgIpc) is 2.59. The van der Waals surface area contributed by atoms with Gasteiger partial charge in [-0.25, -0.2) is 4.98 Å². The number of hydrogen-bond donors (Lipinski definition) is 0. The lowest BCUT2D eigenvalue weighted by atomic mass is 9.96. The molecule has 1 aromatic carbocycles. The van der Waals surface area contributed by atoms with Crippen molar-refractivity contribution in [3.8, 4) is 0 Å². The second-order valence-corrected chi connectivity index (χ2v) is 6.25. The van der Waals surface area contributed by atoms with Gasteiger partial charge in [-0.2, -0.15) is 0 Å². The monoisotopic (exact) mass is 276 g/mol. The molecule has 2 unspecified atom stereocenters. The molecule has 19 heavy (non-hydrogen) atoms. The predicted molar refractivity (Wildman–Crippen MR) is 80.6 cm³/mol. The first kappa shape index (κ1) is 13.0. The molecule has 1 heterocycles. The number of alkyl halides is 1. The Balaban J connectivity index is 1.86. The highest BCUT2D eigenvalue weighted by Crippen LogP contribution is 2.30. The summed E-state index contributed by atoms with van der Waals surface area (Å²) in [5.41, 5.74) is 2.32. The van der Waals surface area contributed by atoms with E-state index in [2.05, 4.69) is 35.9 Å². The molecule has 1 aliphatic carbocycles. The number of rotatable bonds is 2. The van der Waals surface area contributed by atoms with Crippen molar-refractivity contribution >= 4 is 22.6 Å². The van der Waals surface area contributed by atoms with E-state index in [0.29, 0.717) is 11.3 Å². The van der Waals surface area contributed by atoms with Gasteiger partial charge < -0.3 is 4.57 Å². The van der Waals surface area contributed by atoms with E-state index >= 15 is 0 Å². The van der Waals surface area contributed by atoms with Crippen LogP contribution in [0, 0.1) is 5.92 Å². The van der Waals surface area contributed by atoms with Crippen molar-refractivity contribution in [3.05, 3.63) is 30.1 Å². The summed E-state index contributed by atoms with van der Waals surface area (Å²) in [5.74, 6) is 1.76. The second kappa shape index (κ2) is 5.54. The van der Waals surface area contributed by atoms with Gasteiger partial charge >= 0.3 is 0 Å². The number of para-hydroxylation sites is 2. The van der Waals surface area contributed by atoms with Gasteiger partial charge in [-0.1, -0.05) is 31.4 Å². The highest BCUT2D eigenvalue weighted by molar-refractivity contribution is 6.20. The third-order valence-corrected chi connectivity index (χ3v) is 4.97. The standard InChI is InChI=1S/C16H21ClN2/c1-19-15-10-6-5-9-14(15)18-16(19)11-12-7-3-2-4-8-13(12)17/h5-6,9-10,12-13H,2-4,7-8,11H2,1H3. The number of hydrogen-bond acceptors (Lipinski definition) is 1. The molecule has 3 rings (SSSR count). The fourth-order valence-electron chi connectivity index (χ4n) is 3.18. The summed E-state index contributed by atoms with van der Waals surface area (Å²) in [6.45, 7) is 0. The quantitative estimate of drug-likeness (QED) is 0.591. The normalized spacial score (nSPS) is 24.5. The molecule has 0 radical (unpaired) electrons. The Bertz CT molecular complexity index is 561. The smallest absolute Gasteiger partial charge is 0.109 e. The summed E-state index contributed by atoms with van der Waals surface area (Å²) in [6, 6.07) is 8.35. The van der Waals surface area contributed by atoms with Crippen molar-refractivity contribution in [2.24, 2.45) is 13.0 Å². The lowest BCUT2D eigenvalue weighted by molar-refractivity contribution is 0.450. The fraction of sp³-hybridized carbons (Fsp3) is 0.562. The molecule has 0 N–H and O–H groups in total. The molecular formula is C16H21ClN2. The summed E-state index contributed by atoms with van der Waals surface area (Å²) in [5, 5.41) is 0.322. The Kier molecular flexibility index (Phi) is 3.79. The van der Waals surface area contributed by atoms with Crippen LogP contribution >= 0.6 is 11.6 Å². The number of aromatic nitrogens is 2. The summed E-state index contributed by atoms with van der Waals surface area (Å²) in [4.78, 5) is 4.78. The van der Waals surface area contributed by atoms with Crippen LogP contribution in [0.5, 0.6) is 0 Å². The summed E-state index contributed by atoms with van der Waals surface area (Å²) in [7, 11) is 2.12. The Labute approximate surface area is 119 Å². The maximum atomic E-state index is 6.55. The van der Waals surface area contributed by atoms with Crippen LogP contribution in [0.2, 0.25) is 0 Å². The molecule has 1 fully saturated rings. The van der Waals surface area contributed by atoms with E-state index in [-0.39, 0.29) is 0 Å². The molecule has 0 bridgehead atoms. The molecule has 1 aromatic heterocycles. The molecule has 0 spiro atoms. The van der Waals surface area contributed by atoms with Gasteiger partial charge in [0, 0.05) is 18.8 Å². The molecule has 0 amide bonds. The van der Waals surface area contributed by atoms with Crippen LogP contribution in [0.3, 0.4) is 0 Å². The maximum absolute atomic E-state index is 6.55. The number of aryl methyl sites for hydroxylation is 1. The Morgan fingerprint density at radius 2 is 2.00 bits per heavy atom. The van der Waals surface area contributed by atoms with Gasteiger partial charge in [-0.3, -0.25) is 0 Å². The first-order valence-corrected chi connectivity index (χ1v) is 7.74. The van der Waals surface area contributed by atoms with Gasteiger partial charge in [-0.05, 0) is 30.9 Å². The van der Waals surface area contributed by atoms with Crippen molar-refractivity contribution in [1.82, 2.24) is 9.55 Å². The molecule has 1 saturated carbocycles. The fourth-order valence-corrected chi connectivity index (χ4v) is 3.55. The number of halogens is 1. The SMILES string of the molecule is Cn1c(CC2CCCCCC2Cl)nc2ccccc21. The van der Waals surface area contributed by atoms with Gasteiger partial charge in [0.1, 0.15) is 5.82 Å². The molecular weight excluding hydrogens is 256 g/mol. The van der Waals surface area contributed by atoms with Crippen molar-refractivity contribution in [2.75, 3.05) is 0 Å². The van der Waals surface area contributed by atoms with E-state index < -0.39 is 0 Å². The first-order valence-electron chi connectivity index (χ1n) is 7.30. The second-order valence-electron chi connectivity index (χ2n) is 5.69. The minimum Gasteiger partial charge on any atom is -0.331 e. The van der Waals surface area contributed by atoms with Crippen molar-refractivity contribution in [3.63, 3.8) is 0 Å². The largest absolute Gasteiger partial charge is 0.331 e. The minimum atomic E-state index is 0.322. The molecule has 102 valence electrons. The van der Waals surface area contributed by atoms with Crippen LogP contribution in [-0.2, 0) is 13.5 Å². The van der Waals surface area contributed by atoms with Gasteiger partial charge in [-0.15, -0.1) is 11.6 Å². The first-order chi connectivity index (χ1) is 9.25. The van der Waals surface area contributed by atoms with Crippen molar-refractivity contribution in [1.29, 1.82) is 0 Å². The predicted octanol–water partition coefficient (Wildman–Crippen LogP) is 4.30. The van der Waals surface area contributed by atoms with Crippen molar-refractivity contribution < 1.29 is 0 Å². The lowest BCUT2D eigenvalue weighted by Gasteiger charge is -2.19. The zero-order valence-electron chi connectivity index (χ0n) is 11.5. The van der Waals surface area contributed by atoms with Gasteiger partial charge in [0.25, 0.3) is 0 Å². The number of benzene rings is 1. The molecule has 1 aliphatic rings. The van der Waals surface area contributed by atoms with E-state index in [0.717, 1.165) is 18.4 Å². The van der Waals surface area contributed by atoms with E-state index in [4.69, 9.17) is 16.6 Å². The van der Waals surface area contributed by atoms with Gasteiger partial charge in [0.15, 0.2) is 0 Å². The topological polar surface area (TPSA) is 17.8 Å². The third-order valence-electron chi connectivity index (χ3n) is 4.39. The zero-order valence-corrected chi connectivity index (χ0v) is 12.2. The van der Waals surface area contributed by atoms with Crippen LogP contribution in [-0.4, -0.2) is 14.9 Å². The van der Waals surface area contributed by atoms with E-state index in [1.54, 1.807) is 0 Å². The molecule has 3 heteroatoms. The maximum Gasteiger partial charge on any atom is 0.109 e. The van der Waals surface area contributed by atoms with E-state index in [1.165, 1.54) is 37.0 Å². The molecule has 2 aromatic rings. The van der Waals surface area contributed by atoms with E-state index in [9.17, 15) is 0 Å². The third kappa shape index (κ3) is 2.64. The Morgan fingerprint density at radius 3 is 2.84 bits per heavy atom. The summed E-state index contributed by atoms with van der Waals surface area (Å²) < 4.78 is 2.23. The van der Waals surface area contributed by atoms with Gasteiger partial charge in [0.2, 0.25) is 0 Å². The molecule has 2 atom stereocenters. The summed E-state index contributed by atoms with van der Waals surface area (Å²) >= 11 is 6.55. The van der Waals surface area contributed by atoms with Crippen LogP contribution in [0.4, 0.5) is 0 Å². The minimum absolute atomic E-state index is 0.322. The van der Waals surface area contributed by atoms with Crippen molar-refractivity contribution in [2.45, 2.75) is 43.9 Å². The summed E-state index contributed by atoms with van der Waals surface area (Å²) in [6.07, 6.45) is 7.36.